The van der Waals surface area contributed by atoms with Crippen molar-refractivity contribution in [2.75, 3.05) is 0 Å². The quantitative estimate of drug-likeness (QED) is 0.803. The van der Waals surface area contributed by atoms with E-state index in [2.05, 4.69) is 10.1 Å². The summed E-state index contributed by atoms with van der Waals surface area (Å²) in [6, 6.07) is 0. The van der Waals surface area contributed by atoms with Gasteiger partial charge in [0, 0.05) is 12.3 Å². The summed E-state index contributed by atoms with van der Waals surface area (Å²) < 4.78 is 5.18. The third-order valence-electron chi connectivity index (χ3n) is 4.30. The van der Waals surface area contributed by atoms with Gasteiger partial charge < -0.3 is 4.52 Å². The van der Waals surface area contributed by atoms with Gasteiger partial charge in [-0.05, 0) is 31.1 Å². The molecule has 0 aromatic carbocycles. The average molecular weight is 234 g/mol. The van der Waals surface area contributed by atoms with Crippen LogP contribution in [0.4, 0.5) is 0 Å². The number of fused-ring (bicyclic) bond motifs is 2. The van der Waals surface area contributed by atoms with E-state index < -0.39 is 0 Å². The lowest BCUT2D eigenvalue weighted by Crippen LogP contribution is -2.10. The Morgan fingerprint density at radius 1 is 1.41 bits per heavy atom. The van der Waals surface area contributed by atoms with Crippen molar-refractivity contribution < 1.29 is 9.32 Å². The van der Waals surface area contributed by atoms with E-state index in [-0.39, 0.29) is 5.78 Å². The molecule has 3 unspecified atom stereocenters. The predicted octanol–water partition coefficient (Wildman–Crippen LogP) is 2.49. The van der Waals surface area contributed by atoms with Gasteiger partial charge in [-0.2, -0.15) is 4.98 Å². The Labute approximate surface area is 101 Å². The van der Waals surface area contributed by atoms with Crippen LogP contribution in [-0.2, 0) is 11.2 Å². The Hall–Kier alpha value is -1.19. The first-order valence-electron chi connectivity index (χ1n) is 6.60. The van der Waals surface area contributed by atoms with E-state index in [4.69, 9.17) is 4.52 Å². The molecule has 4 nitrogen and oxygen atoms in total. The normalized spacial score (nSPS) is 31.0. The number of nitrogens with zero attached hydrogens (tertiary/aromatic N) is 2. The first-order chi connectivity index (χ1) is 8.26. The standard InChI is InChI=1S/C13H18N2O2/c1-2-10(16)7-12-14-13(15-17-12)11-6-8-3-4-9(11)5-8/h8-9,11H,2-7H2,1H3. The SMILES string of the molecule is CCC(=O)Cc1nc(C2CC3CCC2C3)no1. The number of ketones is 1. The summed E-state index contributed by atoms with van der Waals surface area (Å²) in [5, 5.41) is 4.07. The highest BCUT2D eigenvalue weighted by Gasteiger charge is 2.42. The maximum absolute atomic E-state index is 11.3. The molecule has 0 amide bonds. The fourth-order valence-electron chi connectivity index (χ4n) is 3.35. The van der Waals surface area contributed by atoms with Crippen molar-refractivity contribution >= 4 is 5.78 Å². The molecule has 3 rings (SSSR count). The van der Waals surface area contributed by atoms with Crippen LogP contribution in [0.1, 0.15) is 56.7 Å². The van der Waals surface area contributed by atoms with E-state index in [1.165, 1.54) is 25.7 Å². The summed E-state index contributed by atoms with van der Waals surface area (Å²) in [6.07, 6.45) is 6.07. The van der Waals surface area contributed by atoms with Crippen LogP contribution in [0.15, 0.2) is 4.52 Å². The zero-order valence-corrected chi connectivity index (χ0v) is 10.2. The van der Waals surface area contributed by atoms with Gasteiger partial charge in [0.2, 0.25) is 5.89 Å². The van der Waals surface area contributed by atoms with Gasteiger partial charge >= 0.3 is 0 Å². The number of hydrogen-bond acceptors (Lipinski definition) is 4. The number of rotatable bonds is 4. The Morgan fingerprint density at radius 2 is 2.29 bits per heavy atom. The third-order valence-corrected chi connectivity index (χ3v) is 4.30. The van der Waals surface area contributed by atoms with Crippen molar-refractivity contribution in [1.82, 2.24) is 10.1 Å². The van der Waals surface area contributed by atoms with Crippen LogP contribution >= 0.6 is 0 Å². The molecule has 1 aromatic rings. The summed E-state index contributed by atoms with van der Waals surface area (Å²) in [5.41, 5.74) is 0. The molecule has 92 valence electrons. The smallest absolute Gasteiger partial charge is 0.234 e. The second kappa shape index (κ2) is 4.24. The van der Waals surface area contributed by atoms with Crippen molar-refractivity contribution in [3.8, 4) is 0 Å². The van der Waals surface area contributed by atoms with Gasteiger partial charge in [0.25, 0.3) is 0 Å². The summed E-state index contributed by atoms with van der Waals surface area (Å²) in [7, 11) is 0. The molecule has 0 radical (unpaired) electrons. The van der Waals surface area contributed by atoms with Crippen LogP contribution in [-0.4, -0.2) is 15.9 Å². The fraction of sp³-hybridized carbons (Fsp3) is 0.769. The van der Waals surface area contributed by atoms with E-state index in [0.29, 0.717) is 24.7 Å². The maximum atomic E-state index is 11.3. The summed E-state index contributed by atoms with van der Waals surface area (Å²) in [5.74, 6) is 3.62. The first-order valence-corrected chi connectivity index (χ1v) is 6.60. The molecule has 3 atom stereocenters. The second-order valence-corrected chi connectivity index (χ2v) is 5.40. The highest BCUT2D eigenvalue weighted by Crippen LogP contribution is 2.52. The summed E-state index contributed by atoms with van der Waals surface area (Å²) in [6.45, 7) is 1.86. The number of carbonyl (C=O) groups is 1. The predicted molar refractivity (Wildman–Crippen MR) is 61.5 cm³/mol. The Kier molecular flexibility index (Phi) is 2.73. The van der Waals surface area contributed by atoms with E-state index >= 15 is 0 Å². The molecule has 0 saturated heterocycles. The number of Topliss-reactive ketones (excluding diaryl/α,β-unsaturated/α-hetero) is 1. The molecule has 1 heterocycles. The average Bonchev–Trinajstić information content (AvgIpc) is 3.03. The van der Waals surface area contributed by atoms with Crippen molar-refractivity contribution in [3.05, 3.63) is 11.7 Å². The van der Waals surface area contributed by atoms with Gasteiger partial charge in [-0.25, -0.2) is 0 Å². The van der Waals surface area contributed by atoms with Gasteiger partial charge in [0.15, 0.2) is 5.82 Å². The highest BCUT2D eigenvalue weighted by molar-refractivity contribution is 5.79. The molecule has 0 spiro atoms. The molecule has 2 saturated carbocycles. The van der Waals surface area contributed by atoms with Gasteiger partial charge in [0.05, 0.1) is 6.42 Å². The van der Waals surface area contributed by atoms with Gasteiger partial charge in [-0.15, -0.1) is 0 Å². The maximum Gasteiger partial charge on any atom is 0.234 e. The molecule has 0 N–H and O–H groups in total. The molecule has 1 aromatic heterocycles. The van der Waals surface area contributed by atoms with Gasteiger partial charge in [-0.3, -0.25) is 4.79 Å². The van der Waals surface area contributed by atoms with Crippen molar-refractivity contribution in [2.45, 2.75) is 51.4 Å². The molecule has 4 heteroatoms. The monoisotopic (exact) mass is 234 g/mol. The van der Waals surface area contributed by atoms with Crippen molar-refractivity contribution in [1.29, 1.82) is 0 Å². The van der Waals surface area contributed by atoms with E-state index in [1.54, 1.807) is 0 Å². The van der Waals surface area contributed by atoms with Crippen LogP contribution in [0.3, 0.4) is 0 Å². The van der Waals surface area contributed by atoms with Crippen LogP contribution in [0.2, 0.25) is 0 Å². The highest BCUT2D eigenvalue weighted by atomic mass is 16.5. The zero-order chi connectivity index (χ0) is 11.8. The zero-order valence-electron chi connectivity index (χ0n) is 10.2. The molecule has 2 aliphatic rings. The summed E-state index contributed by atoms with van der Waals surface area (Å²) in [4.78, 5) is 15.7. The van der Waals surface area contributed by atoms with Crippen molar-refractivity contribution in [3.63, 3.8) is 0 Å². The van der Waals surface area contributed by atoms with Crippen LogP contribution in [0.25, 0.3) is 0 Å². The van der Waals surface area contributed by atoms with Crippen molar-refractivity contribution in [2.24, 2.45) is 11.8 Å². The fourth-order valence-corrected chi connectivity index (χ4v) is 3.35. The molecule has 0 aliphatic heterocycles. The minimum Gasteiger partial charge on any atom is -0.339 e. The lowest BCUT2D eigenvalue weighted by atomic mass is 9.88. The third kappa shape index (κ3) is 2.01. The van der Waals surface area contributed by atoms with Gasteiger partial charge in [-0.1, -0.05) is 18.5 Å². The van der Waals surface area contributed by atoms with Crippen LogP contribution < -0.4 is 0 Å². The topological polar surface area (TPSA) is 56.0 Å². The molecular formula is C13H18N2O2. The van der Waals surface area contributed by atoms with E-state index in [9.17, 15) is 4.79 Å². The largest absolute Gasteiger partial charge is 0.339 e. The first kappa shape index (κ1) is 10.9. The summed E-state index contributed by atoms with van der Waals surface area (Å²) >= 11 is 0. The lowest BCUT2D eigenvalue weighted by Gasteiger charge is -2.17. The number of aromatic nitrogens is 2. The van der Waals surface area contributed by atoms with Crippen LogP contribution in [0, 0.1) is 11.8 Å². The lowest BCUT2D eigenvalue weighted by molar-refractivity contribution is -0.118. The molecule has 2 fully saturated rings. The molecule has 17 heavy (non-hydrogen) atoms. The Morgan fingerprint density at radius 3 is 2.94 bits per heavy atom. The van der Waals surface area contributed by atoms with Gasteiger partial charge in [0.1, 0.15) is 5.78 Å². The minimum atomic E-state index is 0.160. The minimum absolute atomic E-state index is 0.160. The Balaban J connectivity index is 1.70. The van der Waals surface area contributed by atoms with Crippen LogP contribution in [0.5, 0.6) is 0 Å². The van der Waals surface area contributed by atoms with E-state index in [0.717, 1.165) is 17.7 Å². The second-order valence-electron chi connectivity index (χ2n) is 5.40. The molecule has 2 aliphatic carbocycles. The molecular weight excluding hydrogens is 216 g/mol. The number of carbonyl (C=O) groups excluding carboxylic acids is 1. The van der Waals surface area contributed by atoms with E-state index in [1.807, 2.05) is 6.92 Å². The Bertz CT molecular complexity index is 427. The molecule has 2 bridgehead atoms. The number of hydrogen-bond donors (Lipinski definition) is 0.